The molecule has 0 atom stereocenters. The van der Waals surface area contributed by atoms with Crippen LogP contribution in [0.3, 0.4) is 0 Å². The number of rotatable bonds is 3. The summed E-state index contributed by atoms with van der Waals surface area (Å²) in [6, 6.07) is 5.63. The van der Waals surface area contributed by atoms with Gasteiger partial charge in [-0.25, -0.2) is 0 Å². The van der Waals surface area contributed by atoms with Crippen molar-refractivity contribution in [3.8, 4) is 0 Å². The van der Waals surface area contributed by atoms with Crippen molar-refractivity contribution in [3.05, 3.63) is 23.8 Å². The summed E-state index contributed by atoms with van der Waals surface area (Å²) in [6.45, 7) is 2.29. The number of hydrogen-bond acceptors (Lipinski definition) is 3. The van der Waals surface area contributed by atoms with E-state index in [-0.39, 0.29) is 18.4 Å². The highest BCUT2D eigenvalue weighted by atomic mass is 16.5. The summed E-state index contributed by atoms with van der Waals surface area (Å²) in [5.41, 5.74) is 2.77. The van der Waals surface area contributed by atoms with E-state index in [0.717, 1.165) is 29.8 Å². The van der Waals surface area contributed by atoms with Gasteiger partial charge in [0.25, 0.3) is 5.91 Å². The quantitative estimate of drug-likeness (QED) is 0.899. The maximum Gasteiger partial charge on any atom is 0.252 e. The molecule has 1 aromatic rings. The fraction of sp³-hybridized carbons (Fsp3) is 0.429. The minimum Gasteiger partial charge on any atom is -0.375 e. The normalized spacial score (nSPS) is 13.9. The number of hydrogen-bond donors (Lipinski definition) is 1. The van der Waals surface area contributed by atoms with Gasteiger partial charge in [0.2, 0.25) is 5.91 Å². The molecule has 0 unspecified atom stereocenters. The second-order valence-electron chi connectivity index (χ2n) is 4.61. The number of fused-ring (bicyclic) bond motifs is 1. The Balaban J connectivity index is 2.25. The average molecular weight is 262 g/mol. The van der Waals surface area contributed by atoms with E-state index in [2.05, 4.69) is 5.32 Å². The highest BCUT2D eigenvalue weighted by molar-refractivity contribution is 5.96. The maximum absolute atomic E-state index is 12.0. The fourth-order valence-electron chi connectivity index (χ4n) is 2.34. The number of anilines is 2. The molecule has 0 aromatic heterocycles. The SMILES string of the molecule is COCC(=O)N1CCCc2cc(NC(C)=O)ccc21. The Morgan fingerprint density at radius 1 is 1.42 bits per heavy atom. The van der Waals surface area contributed by atoms with Gasteiger partial charge in [-0.1, -0.05) is 0 Å². The Bertz CT molecular complexity index is 499. The monoisotopic (exact) mass is 262 g/mol. The summed E-state index contributed by atoms with van der Waals surface area (Å²) in [7, 11) is 1.52. The van der Waals surface area contributed by atoms with Crippen LogP contribution in [0.2, 0.25) is 0 Å². The Hall–Kier alpha value is -1.88. The largest absolute Gasteiger partial charge is 0.375 e. The Kier molecular flexibility index (Phi) is 4.16. The number of benzene rings is 1. The second kappa shape index (κ2) is 5.84. The van der Waals surface area contributed by atoms with Crippen LogP contribution < -0.4 is 10.2 Å². The van der Waals surface area contributed by atoms with Crippen molar-refractivity contribution in [1.82, 2.24) is 0 Å². The summed E-state index contributed by atoms with van der Waals surface area (Å²) < 4.78 is 4.90. The molecule has 0 fully saturated rings. The number of carbonyl (C=O) groups is 2. The lowest BCUT2D eigenvalue weighted by Gasteiger charge is -2.29. The van der Waals surface area contributed by atoms with Crippen molar-refractivity contribution in [2.24, 2.45) is 0 Å². The summed E-state index contributed by atoms with van der Waals surface area (Å²) in [5.74, 6) is -0.126. The molecule has 2 amide bonds. The van der Waals surface area contributed by atoms with E-state index in [0.29, 0.717) is 6.54 Å². The molecular weight excluding hydrogens is 244 g/mol. The first-order valence-corrected chi connectivity index (χ1v) is 6.31. The van der Waals surface area contributed by atoms with Gasteiger partial charge in [-0.3, -0.25) is 9.59 Å². The highest BCUT2D eigenvalue weighted by Gasteiger charge is 2.22. The van der Waals surface area contributed by atoms with Crippen molar-refractivity contribution >= 4 is 23.2 Å². The van der Waals surface area contributed by atoms with E-state index < -0.39 is 0 Å². The number of nitrogens with one attached hydrogen (secondary N) is 1. The maximum atomic E-state index is 12.0. The molecule has 1 heterocycles. The van der Waals surface area contributed by atoms with E-state index in [1.807, 2.05) is 18.2 Å². The van der Waals surface area contributed by atoms with Crippen molar-refractivity contribution in [3.63, 3.8) is 0 Å². The molecule has 1 aliphatic rings. The zero-order valence-electron chi connectivity index (χ0n) is 11.2. The summed E-state index contributed by atoms with van der Waals surface area (Å²) in [4.78, 5) is 24.8. The standard InChI is InChI=1S/C14H18N2O3/c1-10(17)15-12-5-6-13-11(8-12)4-3-7-16(13)14(18)9-19-2/h5-6,8H,3-4,7,9H2,1-2H3,(H,15,17). The molecule has 5 nitrogen and oxygen atoms in total. The number of amides is 2. The average Bonchev–Trinajstić information content (AvgIpc) is 2.37. The molecule has 1 N–H and O–H groups in total. The van der Waals surface area contributed by atoms with Crippen molar-refractivity contribution < 1.29 is 14.3 Å². The van der Waals surface area contributed by atoms with Gasteiger partial charge < -0.3 is 15.0 Å². The molecule has 0 radical (unpaired) electrons. The van der Waals surface area contributed by atoms with E-state index in [1.54, 1.807) is 4.90 Å². The van der Waals surface area contributed by atoms with Gasteiger partial charge in [0.05, 0.1) is 0 Å². The van der Waals surface area contributed by atoms with Crippen LogP contribution in [-0.4, -0.2) is 32.1 Å². The number of aryl methyl sites for hydroxylation is 1. The molecule has 19 heavy (non-hydrogen) atoms. The van der Waals surface area contributed by atoms with E-state index in [1.165, 1.54) is 14.0 Å². The topological polar surface area (TPSA) is 58.6 Å². The van der Waals surface area contributed by atoms with Crippen molar-refractivity contribution in [2.45, 2.75) is 19.8 Å². The fourth-order valence-corrected chi connectivity index (χ4v) is 2.34. The lowest BCUT2D eigenvalue weighted by atomic mass is 10.0. The molecule has 5 heteroatoms. The third-order valence-corrected chi connectivity index (χ3v) is 3.09. The summed E-state index contributed by atoms with van der Waals surface area (Å²) in [6.07, 6.45) is 1.84. The summed E-state index contributed by atoms with van der Waals surface area (Å²) >= 11 is 0. The van der Waals surface area contributed by atoms with Crippen LogP contribution in [-0.2, 0) is 20.7 Å². The van der Waals surface area contributed by atoms with Crippen LogP contribution in [0.4, 0.5) is 11.4 Å². The Morgan fingerprint density at radius 3 is 2.89 bits per heavy atom. The van der Waals surface area contributed by atoms with E-state index in [9.17, 15) is 9.59 Å². The molecule has 0 saturated heterocycles. The lowest BCUT2D eigenvalue weighted by molar-refractivity contribution is -0.122. The predicted octanol–water partition coefficient (Wildman–Crippen LogP) is 1.57. The molecule has 1 aromatic carbocycles. The van der Waals surface area contributed by atoms with Gasteiger partial charge in [-0.15, -0.1) is 0 Å². The number of methoxy groups -OCH3 is 1. The smallest absolute Gasteiger partial charge is 0.252 e. The van der Waals surface area contributed by atoms with Crippen LogP contribution in [0.25, 0.3) is 0 Å². The van der Waals surface area contributed by atoms with Crippen LogP contribution in [0.15, 0.2) is 18.2 Å². The van der Waals surface area contributed by atoms with Gasteiger partial charge in [0.15, 0.2) is 0 Å². The van der Waals surface area contributed by atoms with Crippen molar-refractivity contribution in [1.29, 1.82) is 0 Å². The first-order valence-electron chi connectivity index (χ1n) is 6.31. The predicted molar refractivity (Wildman–Crippen MR) is 73.3 cm³/mol. The minimum absolute atomic E-state index is 0.0317. The van der Waals surface area contributed by atoms with Crippen LogP contribution in [0, 0.1) is 0 Å². The molecule has 1 aliphatic heterocycles. The summed E-state index contributed by atoms with van der Waals surface area (Å²) in [5, 5.41) is 2.76. The molecule has 0 saturated carbocycles. The van der Waals surface area contributed by atoms with Gasteiger partial charge in [0.1, 0.15) is 6.61 Å². The molecule has 0 aliphatic carbocycles. The zero-order chi connectivity index (χ0) is 13.8. The van der Waals surface area contributed by atoms with Crippen LogP contribution in [0.1, 0.15) is 18.9 Å². The van der Waals surface area contributed by atoms with E-state index >= 15 is 0 Å². The second-order valence-corrected chi connectivity index (χ2v) is 4.61. The lowest BCUT2D eigenvalue weighted by Crippen LogP contribution is -2.37. The Morgan fingerprint density at radius 2 is 2.21 bits per heavy atom. The molecular formula is C14H18N2O3. The first-order chi connectivity index (χ1) is 9.11. The van der Waals surface area contributed by atoms with Gasteiger partial charge in [-0.05, 0) is 36.6 Å². The molecule has 0 spiro atoms. The molecule has 2 rings (SSSR count). The van der Waals surface area contributed by atoms with Gasteiger partial charge in [-0.2, -0.15) is 0 Å². The number of nitrogens with zero attached hydrogens (tertiary/aromatic N) is 1. The third-order valence-electron chi connectivity index (χ3n) is 3.09. The minimum atomic E-state index is -0.0944. The first kappa shape index (κ1) is 13.5. The van der Waals surface area contributed by atoms with Crippen LogP contribution >= 0.6 is 0 Å². The molecule has 0 bridgehead atoms. The highest BCUT2D eigenvalue weighted by Crippen LogP contribution is 2.29. The van der Waals surface area contributed by atoms with Gasteiger partial charge >= 0.3 is 0 Å². The van der Waals surface area contributed by atoms with E-state index in [4.69, 9.17) is 4.74 Å². The Labute approximate surface area is 112 Å². The van der Waals surface area contributed by atoms with Crippen molar-refractivity contribution in [2.75, 3.05) is 30.5 Å². The number of ether oxygens (including phenoxy) is 1. The van der Waals surface area contributed by atoms with Gasteiger partial charge in [0, 0.05) is 32.0 Å². The number of carbonyl (C=O) groups excluding carboxylic acids is 2. The third kappa shape index (κ3) is 3.12. The molecule has 102 valence electrons. The van der Waals surface area contributed by atoms with Crippen LogP contribution in [0.5, 0.6) is 0 Å². The zero-order valence-corrected chi connectivity index (χ0v) is 11.2.